The van der Waals surface area contributed by atoms with Gasteiger partial charge in [-0.05, 0) is 30.7 Å². The molecule has 1 atom stereocenters. The number of amides is 1. The number of carbonyl (C=O) groups excluding carboxylic acids is 3. The zero-order chi connectivity index (χ0) is 24.4. The number of hydrogen-bond donors (Lipinski definition) is 1. The second kappa shape index (κ2) is 9.80. The summed E-state index contributed by atoms with van der Waals surface area (Å²) in [7, 11) is 0. The fraction of sp³-hybridized carbons (Fsp3) is 0.179. The van der Waals surface area contributed by atoms with Crippen molar-refractivity contribution in [3.8, 4) is 11.3 Å². The van der Waals surface area contributed by atoms with E-state index in [0.29, 0.717) is 12.1 Å². The molecule has 0 saturated carbocycles. The molecule has 1 amide bonds. The van der Waals surface area contributed by atoms with Crippen LogP contribution in [0, 0.1) is 0 Å². The van der Waals surface area contributed by atoms with Crippen LogP contribution in [0.1, 0.15) is 23.7 Å². The van der Waals surface area contributed by atoms with E-state index in [1.807, 2.05) is 85.8 Å². The molecule has 0 bridgehead atoms. The van der Waals surface area contributed by atoms with Gasteiger partial charge in [-0.15, -0.1) is 11.8 Å². The minimum atomic E-state index is -0.602. The van der Waals surface area contributed by atoms with E-state index in [1.54, 1.807) is 0 Å². The molecule has 0 unspecified atom stereocenters. The Kier molecular flexibility index (Phi) is 6.42. The van der Waals surface area contributed by atoms with Crippen LogP contribution < -0.4 is 5.32 Å². The predicted octanol–water partition coefficient (Wildman–Crippen LogP) is 5.56. The number of rotatable bonds is 7. The summed E-state index contributed by atoms with van der Waals surface area (Å²) in [5.74, 6) is -1.09. The molecule has 3 aromatic carbocycles. The number of carbonyl (C=O) groups is 3. The standard InChI is InChI=1S/C28H24N2O4S/c1-2-30-21-14-8-6-12-19(21)26(27(30)18-10-4-3-5-11-18)22(31)17-34-25(32)16-24-28(33)29-20-13-7-9-15-23(20)35-24/h3-15,24H,2,16-17H2,1H3,(H,29,33)/t24-/m1/s1. The second-order valence-corrected chi connectivity index (χ2v) is 9.48. The van der Waals surface area contributed by atoms with Gasteiger partial charge in [0.1, 0.15) is 0 Å². The first-order valence-electron chi connectivity index (χ1n) is 11.5. The largest absolute Gasteiger partial charge is 0.457 e. The summed E-state index contributed by atoms with van der Waals surface area (Å²) in [5.41, 5.74) is 3.98. The molecule has 7 heteroatoms. The molecule has 0 fully saturated rings. The normalized spacial score (nSPS) is 14.9. The van der Waals surface area contributed by atoms with E-state index in [-0.39, 0.29) is 24.7 Å². The quantitative estimate of drug-likeness (QED) is 0.275. The Morgan fingerprint density at radius 1 is 0.971 bits per heavy atom. The lowest BCUT2D eigenvalue weighted by atomic mass is 10.0. The number of esters is 1. The van der Waals surface area contributed by atoms with Crippen molar-refractivity contribution < 1.29 is 19.1 Å². The average molecular weight is 485 g/mol. The number of fused-ring (bicyclic) bond motifs is 2. The Hall–Kier alpha value is -3.84. The van der Waals surface area contributed by atoms with Gasteiger partial charge >= 0.3 is 5.97 Å². The van der Waals surface area contributed by atoms with Gasteiger partial charge in [0.15, 0.2) is 6.61 Å². The summed E-state index contributed by atoms with van der Waals surface area (Å²) in [6.45, 7) is 2.34. The van der Waals surface area contributed by atoms with Crippen LogP contribution in [0.4, 0.5) is 5.69 Å². The SMILES string of the molecule is CCn1c(-c2ccccc2)c(C(=O)COC(=O)C[C@H]2Sc3ccccc3NC2=O)c2ccccc21. The van der Waals surface area contributed by atoms with Crippen LogP contribution in [-0.2, 0) is 20.9 Å². The van der Waals surface area contributed by atoms with E-state index in [0.717, 1.165) is 32.7 Å². The van der Waals surface area contributed by atoms with Gasteiger partial charge in [-0.25, -0.2) is 0 Å². The summed E-state index contributed by atoms with van der Waals surface area (Å²) < 4.78 is 7.50. The van der Waals surface area contributed by atoms with Crippen molar-refractivity contribution in [2.45, 2.75) is 30.0 Å². The highest BCUT2D eigenvalue weighted by Crippen LogP contribution is 2.37. The van der Waals surface area contributed by atoms with Crippen LogP contribution in [-0.4, -0.2) is 34.1 Å². The molecule has 6 nitrogen and oxygen atoms in total. The Bertz CT molecular complexity index is 1430. The molecule has 1 aliphatic heterocycles. The maximum absolute atomic E-state index is 13.4. The van der Waals surface area contributed by atoms with Gasteiger partial charge in [0.25, 0.3) is 0 Å². The molecule has 0 aliphatic carbocycles. The fourth-order valence-electron chi connectivity index (χ4n) is 4.47. The molecule has 2 heterocycles. The zero-order valence-electron chi connectivity index (χ0n) is 19.2. The first-order valence-corrected chi connectivity index (χ1v) is 12.4. The summed E-state index contributed by atoms with van der Waals surface area (Å²) >= 11 is 1.33. The lowest BCUT2D eigenvalue weighted by Crippen LogP contribution is -2.31. The monoisotopic (exact) mass is 484 g/mol. The molecule has 0 radical (unpaired) electrons. The van der Waals surface area contributed by atoms with E-state index in [4.69, 9.17) is 4.74 Å². The lowest BCUT2D eigenvalue weighted by molar-refractivity contribution is -0.143. The fourth-order valence-corrected chi connectivity index (χ4v) is 5.56. The van der Waals surface area contributed by atoms with E-state index in [1.165, 1.54) is 11.8 Å². The van der Waals surface area contributed by atoms with Crippen LogP contribution in [0.5, 0.6) is 0 Å². The average Bonchev–Trinajstić information content (AvgIpc) is 3.22. The summed E-state index contributed by atoms with van der Waals surface area (Å²) in [6.07, 6.45) is -0.111. The van der Waals surface area contributed by atoms with E-state index in [9.17, 15) is 14.4 Å². The molecule has 1 N–H and O–H groups in total. The predicted molar refractivity (Wildman–Crippen MR) is 138 cm³/mol. The van der Waals surface area contributed by atoms with Crippen LogP contribution in [0.15, 0.2) is 83.8 Å². The van der Waals surface area contributed by atoms with Gasteiger partial charge in [-0.1, -0.05) is 60.7 Å². The highest BCUT2D eigenvalue weighted by atomic mass is 32.2. The van der Waals surface area contributed by atoms with Crippen molar-refractivity contribution in [3.05, 3.63) is 84.4 Å². The maximum Gasteiger partial charge on any atom is 0.307 e. The van der Waals surface area contributed by atoms with Crippen molar-refractivity contribution in [2.24, 2.45) is 0 Å². The summed E-state index contributed by atoms with van der Waals surface area (Å²) in [6, 6.07) is 25.0. The molecular formula is C28H24N2O4S. The minimum absolute atomic E-state index is 0.111. The Morgan fingerprint density at radius 3 is 2.49 bits per heavy atom. The molecule has 35 heavy (non-hydrogen) atoms. The number of ether oxygens (including phenoxy) is 1. The molecular weight excluding hydrogens is 460 g/mol. The first-order chi connectivity index (χ1) is 17.1. The van der Waals surface area contributed by atoms with Gasteiger partial charge in [-0.3, -0.25) is 14.4 Å². The van der Waals surface area contributed by atoms with Crippen LogP contribution in [0.3, 0.4) is 0 Å². The molecule has 0 spiro atoms. The van der Waals surface area contributed by atoms with Gasteiger partial charge < -0.3 is 14.6 Å². The lowest BCUT2D eigenvalue weighted by Gasteiger charge is -2.23. The third-order valence-electron chi connectivity index (χ3n) is 6.04. The number of nitrogens with one attached hydrogen (secondary N) is 1. The summed E-state index contributed by atoms with van der Waals surface area (Å²) in [4.78, 5) is 39.4. The number of thioether (sulfide) groups is 1. The van der Waals surface area contributed by atoms with Crippen LogP contribution >= 0.6 is 11.8 Å². The van der Waals surface area contributed by atoms with Crippen molar-refractivity contribution >= 4 is 46.0 Å². The third-order valence-corrected chi connectivity index (χ3v) is 7.31. The van der Waals surface area contributed by atoms with Gasteiger partial charge in [0.2, 0.25) is 11.7 Å². The molecule has 4 aromatic rings. The van der Waals surface area contributed by atoms with Crippen molar-refractivity contribution in [3.63, 3.8) is 0 Å². The maximum atomic E-state index is 13.4. The molecule has 0 saturated heterocycles. The number of nitrogens with zero attached hydrogens (tertiary/aromatic N) is 1. The molecule has 1 aromatic heterocycles. The van der Waals surface area contributed by atoms with Gasteiger partial charge in [-0.2, -0.15) is 0 Å². The van der Waals surface area contributed by atoms with Crippen LogP contribution in [0.2, 0.25) is 0 Å². The smallest absolute Gasteiger partial charge is 0.307 e. The highest BCUT2D eigenvalue weighted by molar-refractivity contribution is 8.01. The summed E-state index contributed by atoms with van der Waals surface area (Å²) in [5, 5.41) is 3.05. The van der Waals surface area contributed by atoms with E-state index >= 15 is 0 Å². The number of aromatic nitrogens is 1. The molecule has 1 aliphatic rings. The Morgan fingerprint density at radius 2 is 1.69 bits per heavy atom. The first kappa shape index (κ1) is 22.9. The van der Waals surface area contributed by atoms with Gasteiger partial charge in [0, 0.05) is 22.3 Å². The zero-order valence-corrected chi connectivity index (χ0v) is 20.0. The van der Waals surface area contributed by atoms with Crippen molar-refractivity contribution in [2.75, 3.05) is 11.9 Å². The van der Waals surface area contributed by atoms with Gasteiger partial charge in [0.05, 0.1) is 28.6 Å². The number of Topliss-reactive ketones (excluding diaryl/α,β-unsaturated/α-hetero) is 1. The van der Waals surface area contributed by atoms with E-state index in [2.05, 4.69) is 9.88 Å². The topological polar surface area (TPSA) is 77.4 Å². The highest BCUT2D eigenvalue weighted by Gasteiger charge is 2.30. The minimum Gasteiger partial charge on any atom is -0.457 e. The molecule has 5 rings (SSSR count). The number of aryl methyl sites for hydroxylation is 1. The number of para-hydroxylation sites is 2. The number of benzene rings is 3. The van der Waals surface area contributed by atoms with Crippen molar-refractivity contribution in [1.29, 1.82) is 0 Å². The molecule has 176 valence electrons. The number of hydrogen-bond acceptors (Lipinski definition) is 5. The van der Waals surface area contributed by atoms with Crippen molar-refractivity contribution in [1.82, 2.24) is 4.57 Å². The Labute approximate surface area is 207 Å². The van der Waals surface area contributed by atoms with E-state index < -0.39 is 11.2 Å². The van der Waals surface area contributed by atoms with Crippen LogP contribution in [0.25, 0.3) is 22.2 Å². The number of anilines is 1. The number of ketones is 1. The third kappa shape index (κ3) is 4.47. The Balaban J connectivity index is 1.36. The second-order valence-electron chi connectivity index (χ2n) is 8.23.